The molecule has 0 bridgehead atoms. The molecule has 0 N–H and O–H groups in total. The first-order valence-electron chi connectivity index (χ1n) is 16.7. The summed E-state index contributed by atoms with van der Waals surface area (Å²) in [6.45, 7) is 9.00. The van der Waals surface area contributed by atoms with Gasteiger partial charge >= 0.3 is 0 Å². The molecule has 2 heteroatoms. The van der Waals surface area contributed by atoms with Gasteiger partial charge in [0.2, 0.25) is 0 Å². The Morgan fingerprint density at radius 2 is 0.818 bits per heavy atom. The largest absolute Gasteiger partial charge is 0.139 e. The van der Waals surface area contributed by atoms with Crippen LogP contribution in [0.1, 0.15) is 73.3 Å². The van der Waals surface area contributed by atoms with Gasteiger partial charge in [-0.15, -0.1) is 22.7 Å². The third-order valence-electron chi connectivity index (χ3n) is 9.85. The van der Waals surface area contributed by atoms with Crippen LogP contribution in [-0.4, -0.2) is 0 Å². The van der Waals surface area contributed by atoms with Crippen LogP contribution in [0.5, 0.6) is 0 Å². The van der Waals surface area contributed by atoms with Crippen LogP contribution < -0.4 is 0 Å². The van der Waals surface area contributed by atoms with E-state index >= 15 is 0 Å². The first-order chi connectivity index (χ1) is 21.6. The predicted octanol–water partition coefficient (Wildman–Crippen LogP) is 13.7. The van der Waals surface area contributed by atoms with E-state index in [1.807, 2.05) is 0 Å². The fourth-order valence-corrected chi connectivity index (χ4v) is 10.4. The molecule has 8 rings (SSSR count). The number of thiophene rings is 2. The van der Waals surface area contributed by atoms with Crippen molar-refractivity contribution < 1.29 is 0 Å². The van der Waals surface area contributed by atoms with Gasteiger partial charge in [0.25, 0.3) is 0 Å². The normalized spacial score (nSPS) is 12.4. The van der Waals surface area contributed by atoms with Crippen LogP contribution in [0.3, 0.4) is 0 Å². The number of hydrogen-bond acceptors (Lipinski definition) is 2. The van der Waals surface area contributed by atoms with E-state index in [4.69, 9.17) is 0 Å². The number of unbranched alkanes of at least 4 members (excludes halogenated alkanes) is 4. The predicted molar refractivity (Wildman–Crippen MR) is 195 cm³/mol. The highest BCUT2D eigenvalue weighted by Crippen LogP contribution is 2.63. The van der Waals surface area contributed by atoms with Crippen LogP contribution in [0.15, 0.2) is 72.8 Å². The molecule has 2 aliphatic rings. The lowest BCUT2D eigenvalue weighted by Crippen LogP contribution is -1.89. The van der Waals surface area contributed by atoms with Gasteiger partial charge in [-0.3, -0.25) is 0 Å². The quantitative estimate of drug-likeness (QED) is 0.135. The first-order valence-corrected chi connectivity index (χ1v) is 18.3. The Labute approximate surface area is 270 Å². The molecule has 0 spiro atoms. The number of hydrogen-bond donors (Lipinski definition) is 0. The van der Waals surface area contributed by atoms with Crippen LogP contribution in [0.25, 0.3) is 76.2 Å². The minimum absolute atomic E-state index is 1.17. The highest BCUT2D eigenvalue weighted by atomic mass is 32.1. The van der Waals surface area contributed by atoms with Crippen LogP contribution in [-0.2, 0) is 12.8 Å². The van der Waals surface area contributed by atoms with E-state index in [-0.39, 0.29) is 0 Å². The third kappa shape index (κ3) is 4.29. The molecule has 0 nitrogen and oxygen atoms in total. The van der Waals surface area contributed by atoms with Gasteiger partial charge in [0.1, 0.15) is 0 Å². The number of rotatable bonds is 10. The minimum Gasteiger partial charge on any atom is -0.139 e. The summed E-state index contributed by atoms with van der Waals surface area (Å²) in [4.78, 5) is 6.10. The fourth-order valence-electron chi connectivity index (χ4n) is 7.61. The molecule has 220 valence electrons. The second-order valence-corrected chi connectivity index (χ2v) is 15.1. The number of aryl methyl sites for hydroxylation is 4. The number of fused-ring (bicyclic) bond motifs is 6. The van der Waals surface area contributed by atoms with E-state index in [2.05, 4.69) is 123 Å². The smallest absolute Gasteiger partial charge is 0.0437 e. The molecule has 0 fully saturated rings. The van der Waals surface area contributed by atoms with Crippen molar-refractivity contribution in [3.05, 3.63) is 93.7 Å². The summed E-state index contributed by atoms with van der Waals surface area (Å²) in [5, 5.41) is 2.97. The highest BCUT2D eigenvalue weighted by molar-refractivity contribution is 7.17. The Balaban J connectivity index is 1.33. The third-order valence-corrected chi connectivity index (χ3v) is 12.4. The van der Waals surface area contributed by atoms with Crippen molar-refractivity contribution in [1.29, 1.82) is 0 Å². The molecule has 0 unspecified atom stereocenters. The molecule has 0 amide bonds. The monoisotopic (exact) mass is 608 g/mol. The minimum atomic E-state index is 1.17. The van der Waals surface area contributed by atoms with Crippen molar-refractivity contribution in [2.24, 2.45) is 0 Å². The summed E-state index contributed by atoms with van der Waals surface area (Å²) >= 11 is 4.13. The standard InChI is InChI=1S/C42H40S2/c1-5-7-9-11-33-35(27-17-13-25(3)14-18-27)39-29-21-24-32-38-30(22-23-31(37(29)38)41(39)43-33)40-36(28-19-15-26(4)16-20-28)34(44-42(32)40)12-10-8-6-2/h13-24H,5-12H2,1-4H3. The molecule has 0 aliphatic heterocycles. The topological polar surface area (TPSA) is 0 Å². The van der Waals surface area contributed by atoms with E-state index in [9.17, 15) is 0 Å². The van der Waals surface area contributed by atoms with E-state index in [0.29, 0.717) is 0 Å². The van der Waals surface area contributed by atoms with E-state index in [0.717, 1.165) is 0 Å². The van der Waals surface area contributed by atoms with Crippen molar-refractivity contribution in [3.63, 3.8) is 0 Å². The summed E-state index contributed by atoms with van der Waals surface area (Å²) in [7, 11) is 0. The summed E-state index contributed by atoms with van der Waals surface area (Å²) < 4.78 is 0. The van der Waals surface area contributed by atoms with Crippen LogP contribution in [0.4, 0.5) is 0 Å². The zero-order valence-corrected chi connectivity index (χ0v) is 28.0. The van der Waals surface area contributed by atoms with Gasteiger partial charge in [-0.25, -0.2) is 0 Å². The maximum absolute atomic E-state index is 2.47. The van der Waals surface area contributed by atoms with Crippen LogP contribution in [0, 0.1) is 13.8 Å². The molecule has 2 aromatic heterocycles. The molecule has 0 saturated carbocycles. The summed E-state index contributed by atoms with van der Waals surface area (Å²) in [6, 6.07) is 28.4. The molecule has 0 saturated heterocycles. The maximum Gasteiger partial charge on any atom is 0.0437 e. The van der Waals surface area contributed by atoms with Gasteiger partial charge < -0.3 is 0 Å². The molecule has 44 heavy (non-hydrogen) atoms. The fraction of sp³-hybridized carbons (Fsp3) is 0.286. The molecule has 6 aromatic rings. The molecule has 2 heterocycles. The Hall–Kier alpha value is -3.46. The lowest BCUT2D eigenvalue weighted by Gasteiger charge is -2.12. The van der Waals surface area contributed by atoms with E-state index in [1.165, 1.54) is 139 Å². The molecular weight excluding hydrogens is 569 g/mol. The van der Waals surface area contributed by atoms with Crippen molar-refractivity contribution >= 4 is 33.4 Å². The molecule has 2 aliphatic carbocycles. The zero-order chi connectivity index (χ0) is 29.9. The zero-order valence-electron chi connectivity index (χ0n) is 26.4. The van der Waals surface area contributed by atoms with Crippen molar-refractivity contribution in [2.75, 3.05) is 0 Å². The van der Waals surface area contributed by atoms with Crippen molar-refractivity contribution in [3.8, 4) is 65.4 Å². The highest BCUT2D eigenvalue weighted by Gasteiger charge is 2.36. The van der Waals surface area contributed by atoms with Gasteiger partial charge in [0.15, 0.2) is 0 Å². The average molecular weight is 609 g/mol. The maximum atomic E-state index is 2.47. The lowest BCUT2D eigenvalue weighted by molar-refractivity contribution is 0.723. The summed E-state index contributed by atoms with van der Waals surface area (Å²) in [6.07, 6.45) is 9.96. The summed E-state index contributed by atoms with van der Waals surface area (Å²) in [5.41, 5.74) is 17.1. The van der Waals surface area contributed by atoms with Gasteiger partial charge in [-0.05, 0) is 72.6 Å². The van der Waals surface area contributed by atoms with Crippen molar-refractivity contribution in [1.82, 2.24) is 0 Å². The first kappa shape index (κ1) is 28.0. The molecular formula is C42H40S2. The Bertz CT molecular complexity index is 1880. The van der Waals surface area contributed by atoms with Gasteiger partial charge in [-0.1, -0.05) is 123 Å². The van der Waals surface area contributed by atoms with Crippen molar-refractivity contribution in [2.45, 2.75) is 79.1 Å². The Morgan fingerprint density at radius 1 is 0.432 bits per heavy atom. The Morgan fingerprint density at radius 3 is 1.20 bits per heavy atom. The van der Waals surface area contributed by atoms with E-state index < -0.39 is 0 Å². The summed E-state index contributed by atoms with van der Waals surface area (Å²) in [5.74, 6) is 0. The molecule has 0 atom stereocenters. The van der Waals surface area contributed by atoms with E-state index in [1.54, 1.807) is 9.75 Å². The van der Waals surface area contributed by atoms with Gasteiger partial charge in [0.05, 0.1) is 0 Å². The second-order valence-electron chi connectivity index (χ2n) is 12.9. The lowest BCUT2D eigenvalue weighted by atomic mass is 9.92. The molecule has 4 aromatic carbocycles. The van der Waals surface area contributed by atoms with Crippen LogP contribution in [0.2, 0.25) is 0 Å². The number of benzene rings is 4. The van der Waals surface area contributed by atoms with Gasteiger partial charge in [0, 0.05) is 52.9 Å². The Kier molecular flexibility index (Phi) is 7.11. The van der Waals surface area contributed by atoms with Gasteiger partial charge in [-0.2, -0.15) is 0 Å². The second kappa shape index (κ2) is 11.2. The average Bonchev–Trinajstić information content (AvgIpc) is 3.75. The SMILES string of the molecule is CCCCCc1sc2c(c1-c1ccc(C)cc1)-c1ccc3c4c(ccc-2c14)-c1c-3sc(CCCCC)c1-c1ccc(C)cc1. The molecule has 0 radical (unpaired) electrons. The van der Waals surface area contributed by atoms with Crippen LogP contribution >= 0.6 is 22.7 Å².